The van der Waals surface area contributed by atoms with E-state index in [1.165, 1.54) is 0 Å². The van der Waals surface area contributed by atoms with Gasteiger partial charge in [-0.1, -0.05) is 26.7 Å². The van der Waals surface area contributed by atoms with Gasteiger partial charge in [0, 0.05) is 6.08 Å². The molecule has 1 heterocycles. The molecule has 0 aromatic heterocycles. The van der Waals surface area contributed by atoms with Gasteiger partial charge in [0.2, 0.25) is 0 Å². The van der Waals surface area contributed by atoms with Crippen molar-refractivity contribution in [2.75, 3.05) is 13.1 Å². The number of nitrogens with zero attached hydrogens (tertiary/aromatic N) is 1. The summed E-state index contributed by atoms with van der Waals surface area (Å²) in [5, 5.41) is 11.1. The van der Waals surface area contributed by atoms with E-state index >= 15 is 0 Å². The van der Waals surface area contributed by atoms with Gasteiger partial charge < -0.3 is 9.90 Å². The highest BCUT2D eigenvalue weighted by Crippen LogP contribution is 2.26. The molecule has 90 valence electrons. The number of unbranched alkanes of at least 4 members (excludes halogenated alkanes) is 2. The summed E-state index contributed by atoms with van der Waals surface area (Å²) in [6, 6.07) is 0. The Labute approximate surface area is 97.7 Å². The largest absolute Gasteiger partial charge is 0.540 e. The Balaban J connectivity index is 2.81. The van der Waals surface area contributed by atoms with Crippen molar-refractivity contribution in [1.82, 2.24) is 0 Å². The Morgan fingerprint density at radius 2 is 1.81 bits per heavy atom. The van der Waals surface area contributed by atoms with E-state index in [9.17, 15) is 9.90 Å². The number of rotatable bonds is 7. The molecule has 0 spiro atoms. The van der Waals surface area contributed by atoms with Gasteiger partial charge in [0.25, 0.3) is 0 Å². The molecule has 0 bridgehead atoms. The fraction of sp³-hybridized carbons (Fsp3) is 0.615. The van der Waals surface area contributed by atoms with Crippen LogP contribution in [0, 0.1) is 0 Å². The first kappa shape index (κ1) is 13.0. The smallest absolute Gasteiger partial charge is 0.160 e. The van der Waals surface area contributed by atoms with E-state index in [1.54, 1.807) is 6.08 Å². The number of carbonyl (C=O) groups is 1. The molecule has 3 heteroatoms. The van der Waals surface area contributed by atoms with Crippen LogP contribution in [0.3, 0.4) is 0 Å². The molecule has 1 rings (SSSR count). The van der Waals surface area contributed by atoms with Gasteiger partial charge in [0.1, 0.15) is 12.2 Å². The molecule has 0 fully saturated rings. The number of hydrogen-bond donors (Lipinski definition) is 0. The highest BCUT2D eigenvalue weighted by atomic mass is 16.4. The van der Waals surface area contributed by atoms with Crippen molar-refractivity contribution >= 4 is 5.97 Å². The van der Waals surface area contributed by atoms with Gasteiger partial charge >= 0.3 is 0 Å². The summed E-state index contributed by atoms with van der Waals surface area (Å²) in [6.45, 7) is 5.98. The van der Waals surface area contributed by atoms with Crippen LogP contribution < -0.4 is 5.11 Å². The summed E-state index contributed by atoms with van der Waals surface area (Å²) in [4.78, 5) is 11.1. The topological polar surface area (TPSA) is 40.1 Å². The molecule has 0 unspecified atom stereocenters. The van der Waals surface area contributed by atoms with E-state index in [1.807, 2.05) is 12.3 Å². The molecule has 0 atom stereocenters. The van der Waals surface area contributed by atoms with Crippen molar-refractivity contribution in [2.45, 2.75) is 39.5 Å². The molecular weight excluding hydrogens is 202 g/mol. The molecule has 0 aromatic rings. The lowest BCUT2D eigenvalue weighted by Gasteiger charge is -2.34. The fourth-order valence-corrected chi connectivity index (χ4v) is 2.16. The fourth-order valence-electron chi connectivity index (χ4n) is 2.16. The Morgan fingerprint density at radius 3 is 2.25 bits per heavy atom. The maximum absolute atomic E-state index is 11.1. The Bertz CT molecular complexity index is 297. The van der Waals surface area contributed by atoms with Gasteiger partial charge in [-0.15, -0.1) is 0 Å². The first-order valence-electron chi connectivity index (χ1n) is 6.14. The third-order valence-electron chi connectivity index (χ3n) is 3.14. The average Bonchev–Trinajstić information content (AvgIpc) is 2.68. The van der Waals surface area contributed by atoms with Crippen LogP contribution in [0.5, 0.6) is 0 Å². The highest BCUT2D eigenvalue weighted by Gasteiger charge is 2.32. The van der Waals surface area contributed by atoms with Gasteiger partial charge in [-0.2, -0.15) is 0 Å². The molecule has 0 aliphatic carbocycles. The first-order chi connectivity index (χ1) is 7.66. The van der Waals surface area contributed by atoms with Crippen LogP contribution in [0.2, 0.25) is 0 Å². The van der Waals surface area contributed by atoms with Crippen LogP contribution >= 0.6 is 0 Å². The summed E-state index contributed by atoms with van der Waals surface area (Å²) in [5.74, 6) is -1.03. The lowest BCUT2D eigenvalue weighted by atomic mass is 10.2. The summed E-state index contributed by atoms with van der Waals surface area (Å²) in [5.41, 5.74) is 0.418. The Hall–Kier alpha value is -1.09. The minimum Gasteiger partial charge on any atom is -0.540 e. The first-order valence-corrected chi connectivity index (χ1v) is 6.14. The molecule has 0 saturated carbocycles. The van der Waals surface area contributed by atoms with Crippen molar-refractivity contribution in [3.05, 3.63) is 24.0 Å². The number of carboxylic acids is 1. The van der Waals surface area contributed by atoms with Crippen LogP contribution in [0.25, 0.3) is 0 Å². The molecule has 0 radical (unpaired) electrons. The van der Waals surface area contributed by atoms with Crippen molar-refractivity contribution in [2.24, 2.45) is 0 Å². The third-order valence-corrected chi connectivity index (χ3v) is 3.14. The lowest BCUT2D eigenvalue weighted by molar-refractivity contribution is -0.837. The maximum Gasteiger partial charge on any atom is 0.160 e. The van der Waals surface area contributed by atoms with E-state index in [0.717, 1.165) is 38.8 Å². The van der Waals surface area contributed by atoms with Crippen LogP contribution in [0.15, 0.2) is 24.0 Å². The van der Waals surface area contributed by atoms with Crippen LogP contribution in [0.1, 0.15) is 39.5 Å². The van der Waals surface area contributed by atoms with Crippen molar-refractivity contribution in [3.63, 3.8) is 0 Å². The second kappa shape index (κ2) is 5.85. The zero-order valence-corrected chi connectivity index (χ0v) is 10.2. The monoisotopic (exact) mass is 223 g/mol. The Morgan fingerprint density at radius 1 is 1.25 bits per heavy atom. The predicted octanol–water partition coefficient (Wildman–Crippen LogP) is 1.56. The van der Waals surface area contributed by atoms with E-state index in [-0.39, 0.29) is 0 Å². The van der Waals surface area contributed by atoms with E-state index < -0.39 is 5.97 Å². The molecule has 1 aliphatic rings. The summed E-state index contributed by atoms with van der Waals surface area (Å²) in [6.07, 6.45) is 9.77. The average molecular weight is 223 g/mol. The van der Waals surface area contributed by atoms with E-state index in [4.69, 9.17) is 0 Å². The minimum atomic E-state index is -1.03. The molecule has 3 nitrogen and oxygen atoms in total. The number of quaternary nitrogens is 1. The zero-order valence-electron chi connectivity index (χ0n) is 10.2. The second-order valence-corrected chi connectivity index (χ2v) is 4.37. The van der Waals surface area contributed by atoms with Crippen LogP contribution in [-0.2, 0) is 4.79 Å². The molecule has 16 heavy (non-hydrogen) atoms. The molecule has 0 aromatic carbocycles. The minimum absolute atomic E-state index is 0.418. The molecule has 0 amide bonds. The Kier molecular flexibility index (Phi) is 4.74. The van der Waals surface area contributed by atoms with Crippen LogP contribution in [0.4, 0.5) is 0 Å². The second-order valence-electron chi connectivity index (χ2n) is 4.37. The zero-order chi connectivity index (χ0) is 12.0. The quantitative estimate of drug-likeness (QED) is 0.615. The van der Waals surface area contributed by atoms with Gasteiger partial charge in [0.05, 0.1) is 13.1 Å². The number of carboxylic acid groups (broad SMARTS) is 1. The SMILES string of the molecule is CCCC[N+]1(CCCC)C=CC=C1C(=O)[O-]. The highest BCUT2D eigenvalue weighted by molar-refractivity contribution is 5.83. The number of allylic oxidation sites excluding steroid dienone is 2. The molecular formula is C13H21NO2. The van der Waals surface area contributed by atoms with Gasteiger partial charge in [0.15, 0.2) is 5.70 Å². The molecule has 1 aliphatic heterocycles. The van der Waals surface area contributed by atoms with Crippen molar-refractivity contribution < 1.29 is 14.4 Å². The molecule has 0 saturated heterocycles. The lowest BCUT2D eigenvalue weighted by Crippen LogP contribution is -2.47. The van der Waals surface area contributed by atoms with Crippen molar-refractivity contribution in [1.29, 1.82) is 0 Å². The van der Waals surface area contributed by atoms with Gasteiger partial charge in [-0.3, -0.25) is 4.48 Å². The standard InChI is InChI=1S/C13H21NO2/c1-3-5-9-14(10-6-4-2)11-7-8-12(14)13(15)16/h7-8,11H,3-6,9-10H2,1-2H3. The van der Waals surface area contributed by atoms with Gasteiger partial charge in [-0.05, 0) is 18.9 Å². The van der Waals surface area contributed by atoms with Crippen LogP contribution in [-0.4, -0.2) is 23.5 Å². The summed E-state index contributed by atoms with van der Waals surface area (Å²) >= 11 is 0. The normalized spacial score (nSPS) is 17.5. The van der Waals surface area contributed by atoms with Gasteiger partial charge in [-0.25, -0.2) is 0 Å². The molecule has 0 N–H and O–H groups in total. The predicted molar refractivity (Wildman–Crippen MR) is 62.0 cm³/mol. The maximum atomic E-state index is 11.1. The third kappa shape index (κ3) is 2.73. The summed E-state index contributed by atoms with van der Waals surface area (Å²) < 4.78 is 0.476. The number of aliphatic carboxylic acids is 1. The van der Waals surface area contributed by atoms with Crippen molar-refractivity contribution in [3.8, 4) is 0 Å². The number of hydrogen-bond acceptors (Lipinski definition) is 2. The summed E-state index contributed by atoms with van der Waals surface area (Å²) in [7, 11) is 0. The van der Waals surface area contributed by atoms with E-state index in [2.05, 4.69) is 13.8 Å². The number of carbonyl (C=O) groups excluding carboxylic acids is 1. The van der Waals surface area contributed by atoms with E-state index in [0.29, 0.717) is 10.2 Å².